The number of guanidine groups is 1. The molecule has 1 fully saturated rings. The molecule has 114 valence electrons. The Bertz CT molecular complexity index is 406. The molecule has 1 aliphatic rings. The predicted octanol–water partition coefficient (Wildman–Crippen LogP) is 2.29. The summed E-state index contributed by atoms with van der Waals surface area (Å²) in [4.78, 5) is 4.53. The van der Waals surface area contributed by atoms with Crippen LogP contribution in [0, 0.1) is 0 Å². The van der Waals surface area contributed by atoms with Gasteiger partial charge in [-0.25, -0.2) is 4.99 Å². The molecule has 1 aromatic heterocycles. The number of hydrogen-bond donors (Lipinski definition) is 3. The standard InChI is InChI=1S/C13H21N3OS2.HI/c1-2-14-12(15-7-11-3-5-18-8-11)16-9-13(17)4-6-19-10-13;/h3,5,8,17H,2,4,6-7,9-10H2,1H3,(H2,14,15,16);1H. The molecule has 0 aromatic carbocycles. The van der Waals surface area contributed by atoms with Crippen LogP contribution in [0.5, 0.6) is 0 Å². The minimum atomic E-state index is -0.580. The van der Waals surface area contributed by atoms with Crippen molar-refractivity contribution in [1.82, 2.24) is 10.6 Å². The summed E-state index contributed by atoms with van der Waals surface area (Å²) in [7, 11) is 0. The molecule has 2 heterocycles. The molecule has 0 spiro atoms. The SMILES string of the molecule is CCNC(=NCc1ccsc1)NCC1(O)CCSC1.I. The Morgan fingerprint density at radius 3 is 2.95 bits per heavy atom. The van der Waals surface area contributed by atoms with E-state index in [0.717, 1.165) is 30.4 Å². The first-order valence-electron chi connectivity index (χ1n) is 6.55. The van der Waals surface area contributed by atoms with E-state index < -0.39 is 5.60 Å². The molecule has 0 radical (unpaired) electrons. The highest BCUT2D eigenvalue weighted by Gasteiger charge is 2.31. The number of aliphatic imine (C=N–C) groups is 1. The summed E-state index contributed by atoms with van der Waals surface area (Å²) in [5.74, 6) is 2.63. The normalized spacial score (nSPS) is 22.4. The number of nitrogens with zero attached hydrogens (tertiary/aromatic N) is 1. The molecule has 0 amide bonds. The van der Waals surface area contributed by atoms with Gasteiger partial charge in [-0.15, -0.1) is 24.0 Å². The largest absolute Gasteiger partial charge is 0.387 e. The van der Waals surface area contributed by atoms with Crippen LogP contribution in [0.4, 0.5) is 0 Å². The molecule has 0 aliphatic carbocycles. The van der Waals surface area contributed by atoms with E-state index in [1.165, 1.54) is 5.56 Å². The number of thiophene rings is 1. The van der Waals surface area contributed by atoms with Gasteiger partial charge in [0.25, 0.3) is 0 Å². The Hall–Kier alpha value is 0.01000. The van der Waals surface area contributed by atoms with Gasteiger partial charge < -0.3 is 15.7 Å². The van der Waals surface area contributed by atoms with Crippen LogP contribution in [0.2, 0.25) is 0 Å². The lowest BCUT2D eigenvalue weighted by Crippen LogP contribution is -2.47. The number of thioether (sulfide) groups is 1. The number of rotatable bonds is 5. The minimum Gasteiger partial charge on any atom is -0.387 e. The fourth-order valence-corrected chi connectivity index (χ4v) is 3.83. The molecular formula is C13H22IN3OS2. The van der Waals surface area contributed by atoms with Crippen LogP contribution in [0.25, 0.3) is 0 Å². The van der Waals surface area contributed by atoms with Crippen molar-refractivity contribution in [2.24, 2.45) is 4.99 Å². The van der Waals surface area contributed by atoms with E-state index in [-0.39, 0.29) is 24.0 Å². The molecule has 0 bridgehead atoms. The summed E-state index contributed by atoms with van der Waals surface area (Å²) in [5, 5.41) is 20.9. The second kappa shape index (κ2) is 9.11. The van der Waals surface area contributed by atoms with Gasteiger partial charge >= 0.3 is 0 Å². The van der Waals surface area contributed by atoms with E-state index in [9.17, 15) is 5.11 Å². The smallest absolute Gasteiger partial charge is 0.191 e. The van der Waals surface area contributed by atoms with Gasteiger partial charge in [-0.1, -0.05) is 0 Å². The zero-order chi connectivity index (χ0) is 13.6. The number of aliphatic hydroxyl groups is 1. The Kier molecular flexibility index (Phi) is 8.23. The Morgan fingerprint density at radius 1 is 1.50 bits per heavy atom. The average Bonchev–Trinajstić information content (AvgIpc) is 3.05. The van der Waals surface area contributed by atoms with E-state index in [2.05, 4.69) is 32.5 Å². The van der Waals surface area contributed by atoms with E-state index >= 15 is 0 Å². The highest BCUT2D eigenvalue weighted by Crippen LogP contribution is 2.26. The minimum absolute atomic E-state index is 0. The van der Waals surface area contributed by atoms with Crippen LogP contribution in [-0.2, 0) is 6.54 Å². The maximum Gasteiger partial charge on any atom is 0.191 e. The Labute approximate surface area is 145 Å². The van der Waals surface area contributed by atoms with Gasteiger partial charge in [-0.05, 0) is 41.5 Å². The number of nitrogens with one attached hydrogen (secondary N) is 2. The van der Waals surface area contributed by atoms with Gasteiger partial charge in [0.05, 0.1) is 12.1 Å². The average molecular weight is 427 g/mol. The molecule has 20 heavy (non-hydrogen) atoms. The lowest BCUT2D eigenvalue weighted by molar-refractivity contribution is 0.0724. The summed E-state index contributed by atoms with van der Waals surface area (Å²) in [6.07, 6.45) is 0.856. The van der Waals surface area contributed by atoms with Gasteiger partial charge in [0.2, 0.25) is 0 Å². The Morgan fingerprint density at radius 2 is 2.35 bits per heavy atom. The van der Waals surface area contributed by atoms with Gasteiger partial charge in [-0.3, -0.25) is 0 Å². The molecule has 4 nitrogen and oxygen atoms in total. The first kappa shape index (κ1) is 18.1. The molecule has 2 rings (SSSR count). The van der Waals surface area contributed by atoms with Crippen LogP contribution < -0.4 is 10.6 Å². The number of hydrogen-bond acceptors (Lipinski definition) is 4. The molecule has 1 saturated heterocycles. The topological polar surface area (TPSA) is 56.7 Å². The highest BCUT2D eigenvalue weighted by molar-refractivity contribution is 14.0. The molecule has 1 aliphatic heterocycles. The van der Waals surface area contributed by atoms with Crippen LogP contribution in [0.1, 0.15) is 18.9 Å². The summed E-state index contributed by atoms with van der Waals surface area (Å²) < 4.78 is 0. The van der Waals surface area contributed by atoms with E-state index in [1.54, 1.807) is 11.3 Å². The third-order valence-electron chi connectivity index (χ3n) is 3.01. The second-order valence-electron chi connectivity index (χ2n) is 4.71. The monoisotopic (exact) mass is 427 g/mol. The molecule has 0 saturated carbocycles. The van der Waals surface area contributed by atoms with Crippen molar-refractivity contribution in [3.8, 4) is 0 Å². The summed E-state index contributed by atoms with van der Waals surface area (Å²) >= 11 is 3.49. The van der Waals surface area contributed by atoms with Crippen molar-refractivity contribution in [1.29, 1.82) is 0 Å². The lowest BCUT2D eigenvalue weighted by atomic mass is 10.0. The van der Waals surface area contributed by atoms with E-state index in [4.69, 9.17) is 0 Å². The van der Waals surface area contributed by atoms with Gasteiger partial charge in [0, 0.05) is 18.8 Å². The van der Waals surface area contributed by atoms with Crippen molar-refractivity contribution in [3.05, 3.63) is 22.4 Å². The third-order valence-corrected chi connectivity index (χ3v) is 4.98. The quantitative estimate of drug-likeness (QED) is 0.384. The van der Waals surface area contributed by atoms with Gasteiger partial charge in [0.15, 0.2) is 5.96 Å². The zero-order valence-corrected chi connectivity index (χ0v) is 15.6. The van der Waals surface area contributed by atoms with Crippen molar-refractivity contribution in [3.63, 3.8) is 0 Å². The van der Waals surface area contributed by atoms with E-state index in [1.807, 2.05) is 18.7 Å². The molecule has 3 N–H and O–H groups in total. The number of halogens is 1. The highest BCUT2D eigenvalue weighted by atomic mass is 127. The van der Waals surface area contributed by atoms with Crippen molar-refractivity contribution in [2.45, 2.75) is 25.5 Å². The van der Waals surface area contributed by atoms with Crippen molar-refractivity contribution in [2.75, 3.05) is 24.6 Å². The van der Waals surface area contributed by atoms with E-state index in [0.29, 0.717) is 13.1 Å². The summed E-state index contributed by atoms with van der Waals surface area (Å²) in [6.45, 7) is 4.10. The molecule has 1 aromatic rings. The summed E-state index contributed by atoms with van der Waals surface area (Å²) in [5.41, 5.74) is 0.640. The molecular weight excluding hydrogens is 405 g/mol. The van der Waals surface area contributed by atoms with Crippen molar-refractivity contribution < 1.29 is 5.11 Å². The predicted molar refractivity (Wildman–Crippen MR) is 99.4 cm³/mol. The fourth-order valence-electron chi connectivity index (χ4n) is 1.88. The molecule has 1 unspecified atom stereocenters. The van der Waals surface area contributed by atoms with Crippen LogP contribution in [-0.4, -0.2) is 41.3 Å². The van der Waals surface area contributed by atoms with Crippen LogP contribution in [0.15, 0.2) is 21.8 Å². The maximum absolute atomic E-state index is 10.3. The molecule has 1 atom stereocenters. The second-order valence-corrected chi connectivity index (χ2v) is 6.59. The van der Waals surface area contributed by atoms with Crippen LogP contribution in [0.3, 0.4) is 0 Å². The van der Waals surface area contributed by atoms with Gasteiger partial charge in [-0.2, -0.15) is 23.1 Å². The zero-order valence-electron chi connectivity index (χ0n) is 11.6. The first-order chi connectivity index (χ1) is 9.22. The van der Waals surface area contributed by atoms with Crippen LogP contribution >= 0.6 is 47.1 Å². The maximum atomic E-state index is 10.3. The third kappa shape index (κ3) is 5.79. The van der Waals surface area contributed by atoms with Crippen molar-refractivity contribution >= 4 is 53.0 Å². The first-order valence-corrected chi connectivity index (χ1v) is 8.65. The summed E-state index contributed by atoms with van der Waals surface area (Å²) in [6, 6.07) is 2.08. The lowest BCUT2D eigenvalue weighted by Gasteiger charge is -2.23. The molecule has 7 heteroatoms. The Balaban J connectivity index is 0.00000200. The van der Waals surface area contributed by atoms with Gasteiger partial charge in [0.1, 0.15) is 0 Å². The fraction of sp³-hybridized carbons (Fsp3) is 0.615.